The number of benzene rings is 1. The predicted octanol–water partition coefficient (Wildman–Crippen LogP) is 2.44. The fourth-order valence-electron chi connectivity index (χ4n) is 2.47. The largest absolute Gasteiger partial charge is 0.356 e. The van der Waals surface area contributed by atoms with E-state index in [0.717, 1.165) is 37.4 Å². The molecule has 0 unspecified atom stereocenters. The molecular weight excluding hydrogens is 264 g/mol. The molecule has 21 heavy (non-hydrogen) atoms. The number of para-hydroxylation sites is 1. The van der Waals surface area contributed by atoms with Gasteiger partial charge < -0.3 is 4.90 Å². The third kappa shape index (κ3) is 3.13. The van der Waals surface area contributed by atoms with Gasteiger partial charge in [-0.25, -0.2) is 4.98 Å². The molecule has 0 saturated carbocycles. The summed E-state index contributed by atoms with van der Waals surface area (Å²) in [7, 11) is 0. The third-order valence-electron chi connectivity index (χ3n) is 3.53. The molecule has 2 N–H and O–H groups in total. The van der Waals surface area contributed by atoms with E-state index in [1.54, 1.807) is 12.3 Å². The summed E-state index contributed by atoms with van der Waals surface area (Å²) in [5, 5.41) is 0. The quantitative estimate of drug-likeness (QED) is 0.846. The zero-order chi connectivity index (χ0) is 14.5. The van der Waals surface area contributed by atoms with Crippen LogP contribution >= 0.6 is 0 Å². The number of amides is 1. The summed E-state index contributed by atoms with van der Waals surface area (Å²) in [5.41, 5.74) is 7.08. The molecule has 1 amide bonds. The molecule has 1 fully saturated rings. The fourth-order valence-corrected chi connectivity index (χ4v) is 2.47. The van der Waals surface area contributed by atoms with Crippen LogP contribution in [0.4, 0.5) is 11.5 Å². The number of pyridine rings is 1. The Hall–Kier alpha value is -2.56. The third-order valence-corrected chi connectivity index (χ3v) is 3.53. The van der Waals surface area contributed by atoms with E-state index in [4.69, 9.17) is 0 Å². The lowest BCUT2D eigenvalue weighted by Crippen LogP contribution is -2.32. The van der Waals surface area contributed by atoms with Crippen LogP contribution in [0.5, 0.6) is 0 Å². The van der Waals surface area contributed by atoms with Crippen LogP contribution < -0.4 is 15.8 Å². The highest BCUT2D eigenvalue weighted by Gasteiger charge is 2.20. The lowest BCUT2D eigenvalue weighted by Gasteiger charge is -2.19. The van der Waals surface area contributed by atoms with E-state index in [0.29, 0.717) is 5.56 Å². The molecule has 1 aliphatic heterocycles. The predicted molar refractivity (Wildman–Crippen MR) is 83.2 cm³/mol. The molecule has 5 nitrogen and oxygen atoms in total. The number of hydrogen-bond donors (Lipinski definition) is 2. The van der Waals surface area contributed by atoms with Crippen LogP contribution in [-0.2, 0) is 0 Å². The zero-order valence-corrected chi connectivity index (χ0v) is 11.7. The Bertz CT molecular complexity index is 609. The van der Waals surface area contributed by atoms with Gasteiger partial charge in [0.25, 0.3) is 5.91 Å². The van der Waals surface area contributed by atoms with E-state index >= 15 is 0 Å². The number of carbonyl (C=O) groups excluding carboxylic acids is 1. The van der Waals surface area contributed by atoms with Gasteiger partial charge in [-0.2, -0.15) is 0 Å². The molecule has 108 valence electrons. The first kappa shape index (κ1) is 13.4. The maximum Gasteiger partial charge on any atom is 0.273 e. The summed E-state index contributed by atoms with van der Waals surface area (Å²) in [6.45, 7) is 1.92. The maximum atomic E-state index is 12.4. The molecule has 3 rings (SSSR count). The summed E-state index contributed by atoms with van der Waals surface area (Å²) in [4.78, 5) is 18.9. The Balaban J connectivity index is 1.72. The van der Waals surface area contributed by atoms with Gasteiger partial charge in [-0.3, -0.25) is 15.6 Å². The first-order valence-corrected chi connectivity index (χ1v) is 7.16. The first-order chi connectivity index (χ1) is 10.3. The number of nitrogens with one attached hydrogen (secondary N) is 2. The SMILES string of the molecule is O=C(NNc1ccccc1)c1cccnc1N1CCCC1. The lowest BCUT2D eigenvalue weighted by molar-refractivity contribution is 0.0963. The van der Waals surface area contributed by atoms with Crippen molar-refractivity contribution in [3.63, 3.8) is 0 Å². The van der Waals surface area contributed by atoms with Crippen molar-refractivity contribution < 1.29 is 4.79 Å². The summed E-state index contributed by atoms with van der Waals surface area (Å²) < 4.78 is 0. The van der Waals surface area contributed by atoms with Crippen LogP contribution in [0, 0.1) is 0 Å². The molecule has 1 aliphatic rings. The molecule has 1 aromatic heterocycles. The molecule has 0 aliphatic carbocycles. The second-order valence-corrected chi connectivity index (χ2v) is 5.01. The highest BCUT2D eigenvalue weighted by Crippen LogP contribution is 2.21. The van der Waals surface area contributed by atoms with Gasteiger partial charge in [0.05, 0.1) is 11.3 Å². The van der Waals surface area contributed by atoms with Crippen LogP contribution in [0.1, 0.15) is 23.2 Å². The monoisotopic (exact) mass is 282 g/mol. The molecule has 2 heterocycles. The van der Waals surface area contributed by atoms with E-state index < -0.39 is 0 Å². The highest BCUT2D eigenvalue weighted by atomic mass is 16.2. The van der Waals surface area contributed by atoms with Gasteiger partial charge in [-0.1, -0.05) is 18.2 Å². The average Bonchev–Trinajstić information content (AvgIpc) is 3.08. The van der Waals surface area contributed by atoms with Crippen molar-refractivity contribution in [3.8, 4) is 0 Å². The summed E-state index contributed by atoms with van der Waals surface area (Å²) >= 11 is 0. The van der Waals surface area contributed by atoms with E-state index in [1.165, 1.54) is 0 Å². The Morgan fingerprint density at radius 2 is 1.81 bits per heavy atom. The molecule has 5 heteroatoms. The number of rotatable bonds is 4. The van der Waals surface area contributed by atoms with Gasteiger partial charge in [-0.15, -0.1) is 0 Å². The molecule has 1 saturated heterocycles. The zero-order valence-electron chi connectivity index (χ0n) is 11.7. The number of carbonyl (C=O) groups is 1. The Labute approximate surface area is 124 Å². The summed E-state index contributed by atoms with van der Waals surface area (Å²) in [6.07, 6.45) is 4.04. The van der Waals surface area contributed by atoms with E-state index in [2.05, 4.69) is 20.7 Å². The van der Waals surface area contributed by atoms with Crippen molar-refractivity contribution in [2.45, 2.75) is 12.8 Å². The number of nitrogens with zero attached hydrogens (tertiary/aromatic N) is 2. The van der Waals surface area contributed by atoms with Gasteiger partial charge in [0.15, 0.2) is 0 Å². The van der Waals surface area contributed by atoms with Gasteiger partial charge >= 0.3 is 0 Å². The summed E-state index contributed by atoms with van der Waals surface area (Å²) in [5.74, 6) is 0.594. The molecule has 0 radical (unpaired) electrons. The number of hydrogen-bond acceptors (Lipinski definition) is 4. The molecule has 0 atom stereocenters. The van der Waals surface area contributed by atoms with Crippen LogP contribution in [0.2, 0.25) is 0 Å². The molecule has 0 spiro atoms. The van der Waals surface area contributed by atoms with Crippen molar-refractivity contribution in [2.75, 3.05) is 23.4 Å². The lowest BCUT2D eigenvalue weighted by atomic mass is 10.2. The number of aromatic nitrogens is 1. The second kappa shape index (κ2) is 6.26. The van der Waals surface area contributed by atoms with Crippen LogP contribution in [0.3, 0.4) is 0 Å². The molecule has 1 aromatic carbocycles. The number of hydrazine groups is 1. The molecule has 0 bridgehead atoms. The van der Waals surface area contributed by atoms with E-state index in [1.807, 2.05) is 36.4 Å². The number of anilines is 2. The molecular formula is C16H18N4O. The van der Waals surface area contributed by atoms with Gasteiger partial charge in [0.1, 0.15) is 5.82 Å². The smallest absolute Gasteiger partial charge is 0.273 e. The van der Waals surface area contributed by atoms with Gasteiger partial charge in [-0.05, 0) is 37.1 Å². The Kier molecular flexibility index (Phi) is 4.00. The van der Waals surface area contributed by atoms with E-state index in [9.17, 15) is 4.79 Å². The minimum absolute atomic E-state index is 0.172. The van der Waals surface area contributed by atoms with Crippen molar-refractivity contribution in [3.05, 3.63) is 54.2 Å². The van der Waals surface area contributed by atoms with Crippen LogP contribution in [-0.4, -0.2) is 24.0 Å². The van der Waals surface area contributed by atoms with Crippen molar-refractivity contribution in [1.29, 1.82) is 0 Å². The average molecular weight is 282 g/mol. The Morgan fingerprint density at radius 3 is 2.57 bits per heavy atom. The van der Waals surface area contributed by atoms with Gasteiger partial charge in [0.2, 0.25) is 0 Å². The molecule has 2 aromatic rings. The van der Waals surface area contributed by atoms with Crippen molar-refractivity contribution in [1.82, 2.24) is 10.4 Å². The minimum atomic E-state index is -0.172. The van der Waals surface area contributed by atoms with Crippen LogP contribution in [0.25, 0.3) is 0 Å². The van der Waals surface area contributed by atoms with Crippen LogP contribution in [0.15, 0.2) is 48.7 Å². The van der Waals surface area contributed by atoms with Gasteiger partial charge in [0, 0.05) is 19.3 Å². The summed E-state index contributed by atoms with van der Waals surface area (Å²) in [6, 6.07) is 13.1. The maximum absolute atomic E-state index is 12.4. The minimum Gasteiger partial charge on any atom is -0.356 e. The topological polar surface area (TPSA) is 57.3 Å². The second-order valence-electron chi connectivity index (χ2n) is 5.01. The van der Waals surface area contributed by atoms with E-state index in [-0.39, 0.29) is 5.91 Å². The fraction of sp³-hybridized carbons (Fsp3) is 0.250. The highest BCUT2D eigenvalue weighted by molar-refractivity contribution is 5.99. The van der Waals surface area contributed by atoms with Crippen molar-refractivity contribution in [2.24, 2.45) is 0 Å². The normalized spacial score (nSPS) is 14.0. The van der Waals surface area contributed by atoms with Crippen molar-refractivity contribution >= 4 is 17.4 Å². The first-order valence-electron chi connectivity index (χ1n) is 7.16. The standard InChI is InChI=1S/C16H18N4O/c21-16(19-18-13-7-2-1-3-8-13)14-9-6-10-17-15(14)20-11-4-5-12-20/h1-3,6-10,18H,4-5,11-12H2,(H,19,21). The Morgan fingerprint density at radius 1 is 1.05 bits per heavy atom.